The van der Waals surface area contributed by atoms with Crippen LogP contribution in [0.4, 0.5) is 4.39 Å². The van der Waals surface area contributed by atoms with Crippen molar-refractivity contribution in [2.45, 2.75) is 51.8 Å². The van der Waals surface area contributed by atoms with Crippen LogP contribution in [-0.2, 0) is 0 Å². The number of benzene rings is 1. The predicted molar refractivity (Wildman–Crippen MR) is 106 cm³/mol. The molecule has 7 nitrogen and oxygen atoms in total. The van der Waals surface area contributed by atoms with Crippen LogP contribution in [0.1, 0.15) is 39.5 Å². The molecule has 1 fully saturated rings. The Balaban J connectivity index is 1.49. The van der Waals surface area contributed by atoms with E-state index in [1.54, 1.807) is 35.4 Å². The van der Waals surface area contributed by atoms with Gasteiger partial charge in [-0.2, -0.15) is 0 Å². The highest BCUT2D eigenvalue weighted by Crippen LogP contribution is 2.41. The third-order valence-electron chi connectivity index (χ3n) is 5.81. The highest BCUT2D eigenvalue weighted by molar-refractivity contribution is 5.65. The summed E-state index contributed by atoms with van der Waals surface area (Å²) in [7, 11) is 0. The van der Waals surface area contributed by atoms with Gasteiger partial charge in [0, 0.05) is 18.5 Å². The number of alkyl halides is 1. The molecular formula is C21H24FN5O2. The van der Waals surface area contributed by atoms with Crippen molar-refractivity contribution in [3.63, 3.8) is 0 Å². The number of ether oxygens (including phenoxy) is 1. The van der Waals surface area contributed by atoms with Gasteiger partial charge in [-0.1, -0.05) is 20.3 Å². The maximum absolute atomic E-state index is 14.3. The van der Waals surface area contributed by atoms with Gasteiger partial charge in [0.15, 0.2) is 5.82 Å². The van der Waals surface area contributed by atoms with Crippen LogP contribution in [0.3, 0.4) is 0 Å². The van der Waals surface area contributed by atoms with Crippen molar-refractivity contribution < 1.29 is 14.2 Å². The molecule has 0 saturated heterocycles. The van der Waals surface area contributed by atoms with Crippen LogP contribution in [0.5, 0.6) is 11.6 Å². The van der Waals surface area contributed by atoms with Crippen molar-refractivity contribution in [1.29, 1.82) is 0 Å². The zero-order valence-corrected chi connectivity index (χ0v) is 16.5. The summed E-state index contributed by atoms with van der Waals surface area (Å²) in [6.07, 6.45) is 7.93. The van der Waals surface area contributed by atoms with E-state index in [0.717, 1.165) is 18.5 Å². The van der Waals surface area contributed by atoms with Crippen LogP contribution in [0.15, 0.2) is 43.1 Å². The van der Waals surface area contributed by atoms with E-state index in [1.807, 2.05) is 6.07 Å². The molecule has 1 aromatic carbocycles. The summed E-state index contributed by atoms with van der Waals surface area (Å²) in [5.74, 6) is 0.489. The highest BCUT2D eigenvalue weighted by atomic mass is 19.1. The molecule has 1 aliphatic carbocycles. The zero-order valence-electron chi connectivity index (χ0n) is 16.5. The van der Waals surface area contributed by atoms with Gasteiger partial charge in [0.1, 0.15) is 18.0 Å². The number of rotatable bonds is 5. The minimum atomic E-state index is -1.02. The number of aromatic nitrogens is 5. The Kier molecular flexibility index (Phi) is 5.17. The topological polar surface area (TPSA) is 86.0 Å². The lowest BCUT2D eigenvalue weighted by Crippen LogP contribution is -2.40. The van der Waals surface area contributed by atoms with Gasteiger partial charge in [-0.25, -0.2) is 14.4 Å². The number of phenols is 1. The van der Waals surface area contributed by atoms with Crippen molar-refractivity contribution in [3.05, 3.63) is 43.1 Å². The van der Waals surface area contributed by atoms with E-state index in [1.165, 1.54) is 6.20 Å². The lowest BCUT2D eigenvalue weighted by Gasteiger charge is -2.38. The molecule has 2 aromatic heterocycles. The third-order valence-corrected chi connectivity index (χ3v) is 5.81. The Morgan fingerprint density at radius 3 is 2.86 bits per heavy atom. The molecule has 0 radical (unpaired) electrons. The molecule has 1 aliphatic rings. The van der Waals surface area contributed by atoms with Crippen molar-refractivity contribution in [2.24, 2.45) is 5.41 Å². The Morgan fingerprint density at radius 1 is 1.34 bits per heavy atom. The standard InChI is InChI=1S/C21H24FN5O2/c1-3-21(2)7-6-16(22)18(11-21)29-19-12-24-20(26-25-19)15-5-4-14(10-17(15)28)27-9-8-23-13-27/h4-5,8-10,12-13,16,18,28H,3,6-7,11H2,1-2H3/t16-,18+,21+/m1/s1. The van der Waals surface area contributed by atoms with E-state index in [9.17, 15) is 9.50 Å². The fraction of sp³-hybridized carbons (Fsp3) is 0.429. The first-order valence-corrected chi connectivity index (χ1v) is 9.79. The van der Waals surface area contributed by atoms with Gasteiger partial charge < -0.3 is 14.4 Å². The second-order valence-electron chi connectivity index (χ2n) is 7.87. The fourth-order valence-corrected chi connectivity index (χ4v) is 3.70. The van der Waals surface area contributed by atoms with Gasteiger partial charge in [0.25, 0.3) is 5.88 Å². The SMILES string of the molecule is CC[C@@]1(C)CC[C@@H](F)[C@@H](Oc2cnc(-c3ccc(-n4ccnc4)cc3O)nn2)C1. The first kappa shape index (κ1) is 19.3. The van der Waals surface area contributed by atoms with Gasteiger partial charge in [0.2, 0.25) is 0 Å². The average molecular weight is 397 g/mol. The zero-order chi connectivity index (χ0) is 20.4. The number of hydrogen-bond donors (Lipinski definition) is 1. The fourth-order valence-electron chi connectivity index (χ4n) is 3.70. The monoisotopic (exact) mass is 397 g/mol. The molecule has 8 heteroatoms. The summed E-state index contributed by atoms with van der Waals surface area (Å²) in [6, 6.07) is 5.14. The summed E-state index contributed by atoms with van der Waals surface area (Å²) in [4.78, 5) is 8.24. The molecule has 0 amide bonds. The van der Waals surface area contributed by atoms with Crippen molar-refractivity contribution in [3.8, 4) is 28.7 Å². The first-order chi connectivity index (χ1) is 14.0. The number of halogens is 1. The number of hydrogen-bond acceptors (Lipinski definition) is 6. The van der Waals surface area contributed by atoms with Crippen LogP contribution in [0, 0.1) is 5.41 Å². The number of aromatic hydroxyl groups is 1. The maximum Gasteiger partial charge on any atom is 0.252 e. The summed E-state index contributed by atoms with van der Waals surface area (Å²) in [5.41, 5.74) is 1.30. The Labute approximate surface area is 168 Å². The Hall–Kier alpha value is -3.03. The highest BCUT2D eigenvalue weighted by Gasteiger charge is 2.38. The molecular weight excluding hydrogens is 373 g/mol. The van der Waals surface area contributed by atoms with E-state index in [0.29, 0.717) is 18.4 Å². The summed E-state index contributed by atoms with van der Waals surface area (Å²) in [6.45, 7) is 4.29. The summed E-state index contributed by atoms with van der Waals surface area (Å²) >= 11 is 0. The van der Waals surface area contributed by atoms with Crippen LogP contribution in [-0.4, -0.2) is 42.1 Å². The van der Waals surface area contributed by atoms with Gasteiger partial charge in [0.05, 0.1) is 23.8 Å². The minimum absolute atomic E-state index is 0.0292. The molecule has 0 aliphatic heterocycles. The Morgan fingerprint density at radius 2 is 2.21 bits per heavy atom. The molecule has 0 spiro atoms. The van der Waals surface area contributed by atoms with E-state index in [-0.39, 0.29) is 22.9 Å². The van der Waals surface area contributed by atoms with Gasteiger partial charge in [-0.3, -0.25) is 0 Å². The van der Waals surface area contributed by atoms with Crippen LogP contribution in [0.2, 0.25) is 0 Å². The van der Waals surface area contributed by atoms with Crippen molar-refractivity contribution in [1.82, 2.24) is 24.7 Å². The molecule has 2 heterocycles. The molecule has 0 unspecified atom stereocenters. The van der Waals surface area contributed by atoms with Crippen LogP contribution in [0.25, 0.3) is 17.1 Å². The van der Waals surface area contributed by atoms with Crippen molar-refractivity contribution >= 4 is 0 Å². The minimum Gasteiger partial charge on any atom is -0.507 e. The van der Waals surface area contributed by atoms with Gasteiger partial charge in [-0.05, 0) is 36.8 Å². The van der Waals surface area contributed by atoms with E-state index < -0.39 is 12.3 Å². The second kappa shape index (κ2) is 7.77. The van der Waals surface area contributed by atoms with E-state index in [2.05, 4.69) is 34.0 Å². The number of imidazole rings is 1. The third kappa shape index (κ3) is 4.06. The maximum atomic E-state index is 14.3. The quantitative estimate of drug-likeness (QED) is 0.697. The van der Waals surface area contributed by atoms with Crippen LogP contribution >= 0.6 is 0 Å². The van der Waals surface area contributed by atoms with Crippen LogP contribution < -0.4 is 4.74 Å². The second-order valence-corrected chi connectivity index (χ2v) is 7.87. The van der Waals surface area contributed by atoms with Gasteiger partial charge >= 0.3 is 0 Å². The van der Waals surface area contributed by atoms with Gasteiger partial charge in [-0.15, -0.1) is 10.2 Å². The molecule has 152 valence electrons. The van der Waals surface area contributed by atoms with E-state index >= 15 is 0 Å². The van der Waals surface area contributed by atoms with Crippen molar-refractivity contribution in [2.75, 3.05) is 0 Å². The normalized spacial score (nSPS) is 24.4. The van der Waals surface area contributed by atoms with E-state index in [4.69, 9.17) is 4.74 Å². The molecule has 4 rings (SSSR count). The lowest BCUT2D eigenvalue weighted by molar-refractivity contribution is 0.00236. The summed E-state index contributed by atoms with van der Waals surface area (Å²) < 4.78 is 21.9. The molecule has 3 aromatic rings. The summed E-state index contributed by atoms with van der Waals surface area (Å²) in [5, 5.41) is 18.5. The molecule has 1 N–H and O–H groups in total. The smallest absolute Gasteiger partial charge is 0.252 e. The molecule has 3 atom stereocenters. The molecule has 1 saturated carbocycles. The lowest BCUT2D eigenvalue weighted by atomic mass is 9.72. The first-order valence-electron chi connectivity index (χ1n) is 9.79. The molecule has 29 heavy (non-hydrogen) atoms. The predicted octanol–water partition coefficient (Wildman–Crippen LogP) is 4.12. The Bertz CT molecular complexity index is 964. The largest absolute Gasteiger partial charge is 0.507 e. The molecule has 0 bridgehead atoms. The number of phenolic OH excluding ortho intramolecular Hbond substituents is 1. The number of nitrogens with zero attached hydrogens (tertiary/aromatic N) is 5. The average Bonchev–Trinajstić information content (AvgIpc) is 3.27.